The van der Waals surface area contributed by atoms with Crippen LogP contribution in [0, 0.1) is 0 Å². The molecule has 2 aliphatic heterocycles. The van der Waals surface area contributed by atoms with Gasteiger partial charge in [-0.3, -0.25) is 9.59 Å². The summed E-state index contributed by atoms with van der Waals surface area (Å²) in [6, 6.07) is 7.95. The molecule has 3 rings (SSSR count). The van der Waals surface area contributed by atoms with E-state index in [1.165, 1.54) is 12.5 Å². The van der Waals surface area contributed by atoms with E-state index in [1.54, 1.807) is 4.90 Å². The molecule has 2 saturated heterocycles. The third kappa shape index (κ3) is 4.24. The maximum absolute atomic E-state index is 12.6. The smallest absolute Gasteiger partial charge is 0.224 e. The van der Waals surface area contributed by atoms with Crippen molar-refractivity contribution in [2.45, 2.75) is 45.3 Å². The number of ether oxygens (including phenoxy) is 2. The Morgan fingerprint density at radius 1 is 1.12 bits per heavy atom. The largest absolute Gasteiger partial charge is 0.347 e. The van der Waals surface area contributed by atoms with Gasteiger partial charge in [-0.1, -0.05) is 19.1 Å². The lowest BCUT2D eigenvalue weighted by Gasteiger charge is -2.37. The van der Waals surface area contributed by atoms with Crippen molar-refractivity contribution < 1.29 is 19.1 Å². The van der Waals surface area contributed by atoms with Crippen LogP contribution in [0.5, 0.6) is 0 Å². The van der Waals surface area contributed by atoms with E-state index in [1.807, 2.05) is 29.2 Å². The maximum Gasteiger partial charge on any atom is 0.224 e. The summed E-state index contributed by atoms with van der Waals surface area (Å²) < 4.78 is 11.4. The molecule has 2 amide bonds. The summed E-state index contributed by atoms with van der Waals surface area (Å²) in [7, 11) is 0. The van der Waals surface area contributed by atoms with Crippen molar-refractivity contribution in [3.8, 4) is 0 Å². The summed E-state index contributed by atoms with van der Waals surface area (Å²) >= 11 is 0. The zero-order valence-electron chi connectivity index (χ0n) is 15.7. The van der Waals surface area contributed by atoms with E-state index in [2.05, 4.69) is 6.92 Å². The molecule has 0 atom stereocenters. The zero-order valence-corrected chi connectivity index (χ0v) is 15.7. The molecular weight excluding hydrogens is 332 g/mol. The molecule has 0 saturated carbocycles. The van der Waals surface area contributed by atoms with Gasteiger partial charge in [-0.2, -0.15) is 0 Å². The predicted molar refractivity (Wildman–Crippen MR) is 98.9 cm³/mol. The first kappa shape index (κ1) is 18.9. The molecular formula is C20H28N2O4. The average molecular weight is 360 g/mol. The Balaban J connectivity index is 1.53. The molecule has 1 spiro atoms. The molecule has 2 heterocycles. The molecule has 0 unspecified atom stereocenters. The van der Waals surface area contributed by atoms with E-state index in [-0.39, 0.29) is 11.8 Å². The van der Waals surface area contributed by atoms with Crippen LogP contribution in [0.2, 0.25) is 0 Å². The van der Waals surface area contributed by atoms with E-state index in [4.69, 9.17) is 9.47 Å². The van der Waals surface area contributed by atoms with Crippen LogP contribution in [-0.4, -0.2) is 55.3 Å². The van der Waals surface area contributed by atoms with Crippen LogP contribution in [-0.2, 0) is 25.5 Å². The lowest BCUT2D eigenvalue weighted by molar-refractivity contribution is -0.187. The Hall–Kier alpha value is -1.92. The highest BCUT2D eigenvalue weighted by atomic mass is 16.7. The first-order valence-electron chi connectivity index (χ1n) is 9.46. The molecule has 2 fully saturated rings. The number of rotatable bonds is 5. The number of aryl methyl sites for hydroxylation is 1. The van der Waals surface area contributed by atoms with Crippen molar-refractivity contribution in [2.75, 3.05) is 37.7 Å². The van der Waals surface area contributed by atoms with Gasteiger partial charge in [0.2, 0.25) is 11.8 Å². The molecule has 26 heavy (non-hydrogen) atoms. The van der Waals surface area contributed by atoms with E-state index < -0.39 is 5.79 Å². The minimum atomic E-state index is -0.469. The lowest BCUT2D eigenvalue weighted by atomic mass is 10.0. The number of carbonyl (C=O) groups is 2. The van der Waals surface area contributed by atoms with Crippen LogP contribution >= 0.6 is 0 Å². The molecule has 0 radical (unpaired) electrons. The maximum atomic E-state index is 12.6. The van der Waals surface area contributed by atoms with Gasteiger partial charge in [0, 0.05) is 51.5 Å². The van der Waals surface area contributed by atoms with E-state index >= 15 is 0 Å². The van der Waals surface area contributed by atoms with Crippen LogP contribution in [0.4, 0.5) is 5.69 Å². The molecule has 1 aromatic carbocycles. The van der Waals surface area contributed by atoms with Gasteiger partial charge >= 0.3 is 0 Å². The Bertz CT molecular complexity index is 628. The van der Waals surface area contributed by atoms with Crippen LogP contribution in [0.3, 0.4) is 0 Å². The number of hydrogen-bond donors (Lipinski definition) is 0. The number of hydrogen-bond acceptors (Lipinski definition) is 4. The average Bonchev–Trinajstić information content (AvgIpc) is 3.10. The summed E-state index contributed by atoms with van der Waals surface area (Å²) in [5.74, 6) is -0.440. The van der Waals surface area contributed by atoms with Crippen molar-refractivity contribution in [3.63, 3.8) is 0 Å². The fourth-order valence-corrected chi connectivity index (χ4v) is 3.63. The van der Waals surface area contributed by atoms with Gasteiger partial charge in [-0.25, -0.2) is 0 Å². The van der Waals surface area contributed by atoms with Crippen LogP contribution < -0.4 is 4.90 Å². The summed E-state index contributed by atoms with van der Waals surface area (Å²) in [5.41, 5.74) is 2.07. The minimum Gasteiger partial charge on any atom is -0.347 e. The number of carbonyl (C=O) groups excluding carboxylic acids is 2. The van der Waals surface area contributed by atoms with Crippen LogP contribution in [0.25, 0.3) is 0 Å². The Morgan fingerprint density at radius 2 is 1.73 bits per heavy atom. The minimum absolute atomic E-state index is 0.0487. The highest BCUT2D eigenvalue weighted by Gasteiger charge is 2.40. The summed E-state index contributed by atoms with van der Waals surface area (Å²) in [4.78, 5) is 28.1. The monoisotopic (exact) mass is 360 g/mol. The van der Waals surface area contributed by atoms with Gasteiger partial charge in [-0.05, 0) is 24.1 Å². The third-order valence-corrected chi connectivity index (χ3v) is 5.28. The number of likely N-dealkylation sites (tertiary alicyclic amines) is 1. The highest BCUT2D eigenvalue weighted by molar-refractivity contribution is 5.92. The zero-order chi connectivity index (χ0) is 18.6. The molecule has 0 aliphatic carbocycles. The normalized spacial score (nSPS) is 18.9. The SMILES string of the molecule is CCc1ccc(N(CCC(=O)N2CCC3(CC2)OCCO3)C(C)=O)cc1. The van der Waals surface area contributed by atoms with E-state index in [9.17, 15) is 9.59 Å². The predicted octanol–water partition coefficient (Wildman–Crippen LogP) is 2.36. The summed E-state index contributed by atoms with van der Waals surface area (Å²) in [5, 5.41) is 0. The molecule has 142 valence electrons. The van der Waals surface area contributed by atoms with E-state index in [0.29, 0.717) is 52.1 Å². The molecule has 0 N–H and O–H groups in total. The number of benzene rings is 1. The topological polar surface area (TPSA) is 59.1 Å². The molecule has 1 aromatic rings. The fraction of sp³-hybridized carbons (Fsp3) is 0.600. The molecule has 0 bridgehead atoms. The molecule has 0 aromatic heterocycles. The van der Waals surface area contributed by atoms with Crippen LogP contribution in [0.1, 0.15) is 38.7 Å². The summed E-state index contributed by atoms with van der Waals surface area (Å²) in [6.07, 6.45) is 2.72. The van der Waals surface area contributed by atoms with Gasteiger partial charge in [0.1, 0.15) is 0 Å². The van der Waals surface area contributed by atoms with Crippen molar-refractivity contribution >= 4 is 17.5 Å². The second kappa shape index (κ2) is 8.18. The number of nitrogens with zero attached hydrogens (tertiary/aromatic N) is 2. The van der Waals surface area contributed by atoms with Gasteiger partial charge in [0.15, 0.2) is 5.79 Å². The fourth-order valence-electron chi connectivity index (χ4n) is 3.63. The van der Waals surface area contributed by atoms with Gasteiger partial charge in [-0.15, -0.1) is 0 Å². The van der Waals surface area contributed by atoms with Gasteiger partial charge in [0.05, 0.1) is 13.2 Å². The van der Waals surface area contributed by atoms with Crippen LogP contribution in [0.15, 0.2) is 24.3 Å². The second-order valence-electron chi connectivity index (χ2n) is 6.93. The number of anilines is 1. The molecule has 6 heteroatoms. The van der Waals surface area contributed by atoms with Gasteiger partial charge < -0.3 is 19.3 Å². The van der Waals surface area contributed by atoms with Crippen molar-refractivity contribution in [1.82, 2.24) is 4.90 Å². The molecule has 2 aliphatic rings. The number of piperidine rings is 1. The Morgan fingerprint density at radius 3 is 2.27 bits per heavy atom. The lowest BCUT2D eigenvalue weighted by Crippen LogP contribution is -2.48. The standard InChI is InChI=1S/C20H28N2O4/c1-3-17-4-6-18(7-5-17)22(16(2)23)11-8-19(24)21-12-9-20(10-13-21)25-14-15-26-20/h4-7H,3,8-15H2,1-2H3. The Labute approximate surface area is 155 Å². The van der Waals surface area contributed by atoms with Crippen molar-refractivity contribution in [2.24, 2.45) is 0 Å². The third-order valence-electron chi connectivity index (χ3n) is 5.28. The highest BCUT2D eigenvalue weighted by Crippen LogP contribution is 2.31. The van der Waals surface area contributed by atoms with Crippen molar-refractivity contribution in [3.05, 3.63) is 29.8 Å². The number of amides is 2. The quantitative estimate of drug-likeness (QED) is 0.809. The van der Waals surface area contributed by atoms with Gasteiger partial charge in [0.25, 0.3) is 0 Å². The Kier molecular flexibility index (Phi) is 5.94. The second-order valence-corrected chi connectivity index (χ2v) is 6.93. The van der Waals surface area contributed by atoms with E-state index in [0.717, 1.165) is 12.1 Å². The molecule has 6 nitrogen and oxygen atoms in total. The first-order valence-corrected chi connectivity index (χ1v) is 9.46. The summed E-state index contributed by atoms with van der Waals surface area (Å²) in [6.45, 7) is 6.59. The van der Waals surface area contributed by atoms with Crippen molar-refractivity contribution in [1.29, 1.82) is 0 Å². The first-order chi connectivity index (χ1) is 12.5.